The second kappa shape index (κ2) is 6.14. The van der Waals surface area contributed by atoms with Crippen LogP contribution < -0.4 is 20.5 Å². The molecule has 0 aromatic heterocycles. The maximum absolute atomic E-state index is 10.6. The Labute approximate surface area is 107 Å². The van der Waals surface area contributed by atoms with E-state index in [1.165, 1.54) is 0 Å². The molecule has 2 amide bonds. The summed E-state index contributed by atoms with van der Waals surface area (Å²) in [5.74, 6) is 1.65. The molecule has 5 nitrogen and oxygen atoms in total. The molecule has 0 bridgehead atoms. The third kappa shape index (κ3) is 3.06. The second-order valence-corrected chi connectivity index (χ2v) is 4.06. The zero-order valence-corrected chi connectivity index (χ0v) is 11.3. The molecular weight excluding hydrogens is 232 g/mol. The van der Waals surface area contributed by atoms with Gasteiger partial charge in [0, 0.05) is 6.54 Å². The lowest BCUT2D eigenvalue weighted by Gasteiger charge is -2.16. The Morgan fingerprint density at radius 2 is 1.94 bits per heavy atom. The van der Waals surface area contributed by atoms with E-state index in [1.807, 2.05) is 19.9 Å². The second-order valence-electron chi connectivity index (χ2n) is 4.06. The van der Waals surface area contributed by atoms with Gasteiger partial charge < -0.3 is 20.5 Å². The number of benzene rings is 1. The summed E-state index contributed by atoms with van der Waals surface area (Å²) in [4.78, 5) is 10.6. The van der Waals surface area contributed by atoms with E-state index in [9.17, 15) is 4.79 Å². The molecule has 3 N–H and O–H groups in total. The van der Waals surface area contributed by atoms with Gasteiger partial charge in [-0.15, -0.1) is 0 Å². The molecule has 1 aromatic rings. The highest BCUT2D eigenvalue weighted by atomic mass is 16.5. The number of nitrogens with two attached hydrogens (primary N) is 1. The molecule has 0 atom stereocenters. The van der Waals surface area contributed by atoms with Gasteiger partial charge in [0.05, 0.1) is 14.2 Å². The molecule has 0 fully saturated rings. The first-order chi connectivity index (χ1) is 8.51. The molecule has 0 unspecified atom stereocenters. The number of urea groups is 1. The van der Waals surface area contributed by atoms with Crippen molar-refractivity contribution >= 4 is 6.03 Å². The number of methoxy groups -OCH3 is 2. The van der Waals surface area contributed by atoms with E-state index < -0.39 is 6.03 Å². The summed E-state index contributed by atoms with van der Waals surface area (Å²) in [7, 11) is 3.28. The van der Waals surface area contributed by atoms with Gasteiger partial charge in [0.15, 0.2) is 0 Å². The van der Waals surface area contributed by atoms with Crippen molar-refractivity contribution in [1.29, 1.82) is 0 Å². The van der Waals surface area contributed by atoms with Gasteiger partial charge in [-0.2, -0.15) is 0 Å². The van der Waals surface area contributed by atoms with Crippen LogP contribution in [0, 0.1) is 13.8 Å². The summed E-state index contributed by atoms with van der Waals surface area (Å²) in [6.45, 7) is 4.45. The minimum atomic E-state index is -0.523. The average Bonchev–Trinajstić information content (AvgIpc) is 2.33. The van der Waals surface area contributed by atoms with Crippen molar-refractivity contribution in [3.8, 4) is 11.5 Å². The van der Waals surface area contributed by atoms with Gasteiger partial charge in [0.1, 0.15) is 11.5 Å². The first-order valence-corrected chi connectivity index (χ1v) is 5.75. The number of carbonyl (C=O) groups is 1. The van der Waals surface area contributed by atoms with Gasteiger partial charge in [0.2, 0.25) is 0 Å². The highest BCUT2D eigenvalue weighted by Gasteiger charge is 2.13. The smallest absolute Gasteiger partial charge is 0.312 e. The van der Waals surface area contributed by atoms with Gasteiger partial charge in [-0.25, -0.2) is 4.79 Å². The fraction of sp³-hybridized carbons (Fsp3) is 0.462. The number of primary amides is 1. The van der Waals surface area contributed by atoms with Crippen molar-refractivity contribution in [2.45, 2.75) is 20.3 Å². The van der Waals surface area contributed by atoms with Crippen molar-refractivity contribution in [1.82, 2.24) is 5.32 Å². The van der Waals surface area contributed by atoms with E-state index >= 15 is 0 Å². The van der Waals surface area contributed by atoms with Gasteiger partial charge in [-0.3, -0.25) is 0 Å². The fourth-order valence-corrected chi connectivity index (χ4v) is 1.93. The summed E-state index contributed by atoms with van der Waals surface area (Å²) in [5, 5.41) is 2.56. The predicted octanol–water partition coefficient (Wildman–Crippen LogP) is 1.53. The van der Waals surface area contributed by atoms with Crippen LogP contribution >= 0.6 is 0 Å². The van der Waals surface area contributed by atoms with Crippen molar-refractivity contribution in [3.63, 3.8) is 0 Å². The van der Waals surface area contributed by atoms with Crippen LogP contribution in [0.15, 0.2) is 6.07 Å². The van der Waals surface area contributed by atoms with Crippen LogP contribution in [0.2, 0.25) is 0 Å². The fourth-order valence-electron chi connectivity index (χ4n) is 1.93. The molecule has 100 valence electrons. The molecule has 0 saturated heterocycles. The van der Waals surface area contributed by atoms with E-state index in [1.54, 1.807) is 14.2 Å². The third-order valence-corrected chi connectivity index (χ3v) is 2.99. The zero-order valence-electron chi connectivity index (χ0n) is 11.3. The summed E-state index contributed by atoms with van der Waals surface area (Å²) in [5.41, 5.74) is 8.13. The lowest BCUT2D eigenvalue weighted by atomic mass is 10.0. The Balaban J connectivity index is 3.01. The van der Waals surface area contributed by atoms with Gasteiger partial charge >= 0.3 is 6.03 Å². The first kappa shape index (κ1) is 14.2. The molecule has 18 heavy (non-hydrogen) atoms. The molecule has 0 saturated carbocycles. The van der Waals surface area contributed by atoms with Crippen LogP contribution in [0.1, 0.15) is 16.7 Å². The molecular formula is C13H20N2O3. The molecule has 0 radical (unpaired) electrons. The molecule has 5 heteroatoms. The van der Waals surface area contributed by atoms with Gasteiger partial charge in [0.25, 0.3) is 0 Å². The van der Waals surface area contributed by atoms with Crippen LogP contribution in [0.25, 0.3) is 0 Å². The van der Waals surface area contributed by atoms with Crippen molar-refractivity contribution < 1.29 is 14.3 Å². The summed E-state index contributed by atoms with van der Waals surface area (Å²) in [6, 6.07) is 1.41. The predicted molar refractivity (Wildman–Crippen MR) is 70.3 cm³/mol. The Bertz CT molecular complexity index is 444. The summed E-state index contributed by atoms with van der Waals surface area (Å²) < 4.78 is 10.7. The minimum absolute atomic E-state index is 0.470. The standard InChI is InChI=1S/C13H20N2O3/c1-8-9(2)12(18-4)10(7-11(8)17-3)5-6-15-13(14)16/h7H,5-6H2,1-4H3,(H3,14,15,16). The van der Waals surface area contributed by atoms with E-state index in [0.717, 1.165) is 28.2 Å². The number of carbonyl (C=O) groups excluding carboxylic acids is 1. The van der Waals surface area contributed by atoms with Crippen LogP contribution in [0.3, 0.4) is 0 Å². The van der Waals surface area contributed by atoms with Crippen LogP contribution in [0.4, 0.5) is 4.79 Å². The lowest BCUT2D eigenvalue weighted by Crippen LogP contribution is -2.31. The molecule has 0 spiro atoms. The Morgan fingerprint density at radius 3 is 2.44 bits per heavy atom. The lowest BCUT2D eigenvalue weighted by molar-refractivity contribution is 0.249. The molecule has 0 aliphatic carbocycles. The molecule has 1 rings (SSSR count). The van der Waals surface area contributed by atoms with Crippen LogP contribution in [0.5, 0.6) is 11.5 Å². The molecule has 0 heterocycles. The highest BCUT2D eigenvalue weighted by Crippen LogP contribution is 2.33. The maximum Gasteiger partial charge on any atom is 0.312 e. The Kier molecular flexibility index (Phi) is 4.83. The number of ether oxygens (including phenoxy) is 2. The topological polar surface area (TPSA) is 73.6 Å². The average molecular weight is 252 g/mol. The molecule has 0 aliphatic rings. The van der Waals surface area contributed by atoms with E-state index in [0.29, 0.717) is 13.0 Å². The van der Waals surface area contributed by atoms with Gasteiger partial charge in [-0.05, 0) is 43.0 Å². The Morgan fingerprint density at radius 1 is 1.28 bits per heavy atom. The minimum Gasteiger partial charge on any atom is -0.496 e. The third-order valence-electron chi connectivity index (χ3n) is 2.99. The number of nitrogens with one attached hydrogen (secondary N) is 1. The highest BCUT2D eigenvalue weighted by molar-refractivity contribution is 5.71. The van der Waals surface area contributed by atoms with E-state index in [2.05, 4.69) is 5.32 Å². The number of hydrogen-bond donors (Lipinski definition) is 2. The van der Waals surface area contributed by atoms with Crippen molar-refractivity contribution in [2.75, 3.05) is 20.8 Å². The summed E-state index contributed by atoms with van der Waals surface area (Å²) >= 11 is 0. The number of hydrogen-bond acceptors (Lipinski definition) is 3. The van der Waals surface area contributed by atoms with Crippen molar-refractivity contribution in [3.05, 3.63) is 22.8 Å². The van der Waals surface area contributed by atoms with Crippen LogP contribution in [-0.2, 0) is 6.42 Å². The van der Waals surface area contributed by atoms with Crippen molar-refractivity contribution in [2.24, 2.45) is 5.73 Å². The largest absolute Gasteiger partial charge is 0.496 e. The molecule has 0 aliphatic heterocycles. The van der Waals surface area contributed by atoms with Gasteiger partial charge in [-0.1, -0.05) is 0 Å². The Hall–Kier alpha value is -1.91. The number of amides is 2. The monoisotopic (exact) mass is 252 g/mol. The normalized spacial score (nSPS) is 10.0. The SMILES string of the molecule is COc1cc(CCNC(N)=O)c(OC)c(C)c1C. The summed E-state index contributed by atoms with van der Waals surface area (Å²) in [6.07, 6.45) is 0.642. The van der Waals surface area contributed by atoms with E-state index in [4.69, 9.17) is 15.2 Å². The first-order valence-electron chi connectivity index (χ1n) is 5.75. The number of rotatable bonds is 5. The van der Waals surface area contributed by atoms with Crippen LogP contribution in [-0.4, -0.2) is 26.8 Å². The quantitative estimate of drug-likeness (QED) is 0.834. The van der Waals surface area contributed by atoms with E-state index in [-0.39, 0.29) is 0 Å². The maximum atomic E-state index is 10.6. The zero-order chi connectivity index (χ0) is 13.7. The molecule has 1 aromatic carbocycles.